The van der Waals surface area contributed by atoms with Gasteiger partial charge >= 0.3 is 0 Å². The molecule has 1 amide bonds. The second kappa shape index (κ2) is 9.04. The van der Waals surface area contributed by atoms with E-state index in [1.807, 2.05) is 31.2 Å². The molecule has 0 spiro atoms. The van der Waals surface area contributed by atoms with E-state index in [-0.39, 0.29) is 0 Å². The van der Waals surface area contributed by atoms with E-state index in [1.165, 1.54) is 19.4 Å². The van der Waals surface area contributed by atoms with E-state index in [0.717, 1.165) is 48.4 Å². The van der Waals surface area contributed by atoms with Crippen molar-refractivity contribution in [2.45, 2.75) is 26.2 Å². The molecule has 0 aromatic heterocycles. The van der Waals surface area contributed by atoms with Crippen molar-refractivity contribution in [3.05, 3.63) is 41.1 Å². The van der Waals surface area contributed by atoms with Crippen molar-refractivity contribution < 1.29 is 4.79 Å². The van der Waals surface area contributed by atoms with Gasteiger partial charge in [-0.15, -0.1) is 0 Å². The fourth-order valence-electron chi connectivity index (χ4n) is 3.95. The molecule has 6 heteroatoms. The van der Waals surface area contributed by atoms with Crippen LogP contribution in [0.3, 0.4) is 0 Å². The molecule has 2 aliphatic rings. The minimum absolute atomic E-state index is 0.371. The van der Waals surface area contributed by atoms with Gasteiger partial charge in [-0.05, 0) is 57.0 Å². The molecule has 3 N–H and O–H groups in total. The lowest BCUT2D eigenvalue weighted by Gasteiger charge is -2.33. The fraction of sp³-hybridized carbons (Fsp3) is 0.524. The molecule has 146 valence electrons. The molecular weight excluding hydrogens is 338 g/mol. The van der Waals surface area contributed by atoms with Crippen LogP contribution in [0.1, 0.15) is 24.8 Å². The number of hydrogen-bond donors (Lipinski definition) is 3. The van der Waals surface area contributed by atoms with Gasteiger partial charge in [0.2, 0.25) is 6.41 Å². The fourth-order valence-corrected chi connectivity index (χ4v) is 3.95. The van der Waals surface area contributed by atoms with E-state index in [1.54, 1.807) is 4.90 Å². The maximum absolute atomic E-state index is 11.3. The van der Waals surface area contributed by atoms with Crippen LogP contribution in [0.4, 0.5) is 5.69 Å². The lowest BCUT2D eigenvalue weighted by atomic mass is 9.97. The molecule has 1 atom stereocenters. The molecule has 3 rings (SSSR count). The van der Waals surface area contributed by atoms with Gasteiger partial charge in [-0.1, -0.05) is 12.1 Å². The Morgan fingerprint density at radius 1 is 1.37 bits per heavy atom. The van der Waals surface area contributed by atoms with E-state index in [2.05, 4.69) is 22.6 Å². The molecule has 0 bridgehead atoms. The first kappa shape index (κ1) is 19.4. The molecule has 6 nitrogen and oxygen atoms in total. The van der Waals surface area contributed by atoms with Crippen molar-refractivity contribution in [3.63, 3.8) is 0 Å². The van der Waals surface area contributed by atoms with Gasteiger partial charge in [-0.3, -0.25) is 10.2 Å². The minimum Gasteiger partial charge on any atom is -0.388 e. The van der Waals surface area contributed by atoms with E-state index in [4.69, 9.17) is 5.41 Å². The molecule has 2 aliphatic heterocycles. The number of carbonyl (C=O) groups excluding carboxylic acids is 1. The molecule has 2 heterocycles. The predicted molar refractivity (Wildman–Crippen MR) is 110 cm³/mol. The maximum Gasteiger partial charge on any atom is 0.210 e. The second-order valence-electron chi connectivity index (χ2n) is 7.80. The highest BCUT2D eigenvalue weighted by Gasteiger charge is 2.23. The highest BCUT2D eigenvalue weighted by atomic mass is 16.1. The summed E-state index contributed by atoms with van der Waals surface area (Å²) in [6, 6.07) is 8.02. The number of benzene rings is 1. The van der Waals surface area contributed by atoms with Gasteiger partial charge in [0.1, 0.15) is 5.84 Å². The Balaban J connectivity index is 1.70. The first-order valence-electron chi connectivity index (χ1n) is 9.81. The summed E-state index contributed by atoms with van der Waals surface area (Å²) >= 11 is 0. The number of amides is 1. The zero-order valence-electron chi connectivity index (χ0n) is 16.4. The van der Waals surface area contributed by atoms with Gasteiger partial charge in [-0.25, -0.2) is 0 Å². The first-order chi connectivity index (χ1) is 13.0. The molecular formula is C21H31N5O. The van der Waals surface area contributed by atoms with Gasteiger partial charge in [0.15, 0.2) is 0 Å². The van der Waals surface area contributed by atoms with Gasteiger partial charge in [0, 0.05) is 43.0 Å². The number of hydrogen-bond acceptors (Lipinski definition) is 4. The third kappa shape index (κ3) is 5.32. The van der Waals surface area contributed by atoms with Crippen LogP contribution in [0.25, 0.3) is 0 Å². The van der Waals surface area contributed by atoms with Crippen LogP contribution in [0.5, 0.6) is 0 Å². The number of nitrogens with zero attached hydrogens (tertiary/aromatic N) is 2. The van der Waals surface area contributed by atoms with Crippen molar-refractivity contribution in [3.8, 4) is 0 Å². The van der Waals surface area contributed by atoms with Gasteiger partial charge in [-0.2, -0.15) is 0 Å². The van der Waals surface area contributed by atoms with Crippen LogP contribution in [-0.4, -0.2) is 61.8 Å². The average molecular weight is 370 g/mol. The lowest BCUT2D eigenvalue weighted by molar-refractivity contribution is -0.117. The Bertz CT molecular complexity index is 714. The van der Waals surface area contributed by atoms with Crippen LogP contribution < -0.4 is 10.6 Å². The Morgan fingerprint density at radius 2 is 2.22 bits per heavy atom. The average Bonchev–Trinajstić information content (AvgIpc) is 2.66. The number of amidine groups is 1. The summed E-state index contributed by atoms with van der Waals surface area (Å²) in [5, 5.41) is 15.4. The molecule has 1 unspecified atom stereocenters. The van der Waals surface area contributed by atoms with Crippen LogP contribution in [0, 0.1) is 18.3 Å². The van der Waals surface area contributed by atoms with E-state index >= 15 is 0 Å². The Hall–Kier alpha value is -2.34. The second-order valence-corrected chi connectivity index (χ2v) is 7.80. The highest BCUT2D eigenvalue weighted by Crippen LogP contribution is 2.20. The van der Waals surface area contributed by atoms with Crippen molar-refractivity contribution in [2.75, 3.05) is 45.1 Å². The monoisotopic (exact) mass is 369 g/mol. The SMILES string of the molecule is Cc1cccc(NC(=N)C2=C(NCC3CCCN(C)C3)CCN(C=O)C2)c1. The standard InChI is InChI=1S/C21H31N5O/c1-16-5-3-7-18(11-16)24-21(22)19-14-26(15-27)10-8-20(19)23-12-17-6-4-9-25(2)13-17/h3,5,7,11,15,17,23H,4,6,8-10,12-14H2,1-2H3,(H2,22,24). The summed E-state index contributed by atoms with van der Waals surface area (Å²) in [6.45, 7) is 6.46. The van der Waals surface area contributed by atoms with Gasteiger partial charge < -0.3 is 20.4 Å². The molecule has 1 aromatic carbocycles. The Kier molecular flexibility index (Phi) is 6.50. The van der Waals surface area contributed by atoms with Crippen LogP contribution in [0.15, 0.2) is 35.5 Å². The number of piperidine rings is 1. The normalized spacial score (nSPS) is 21.1. The smallest absolute Gasteiger partial charge is 0.210 e. The molecule has 1 saturated heterocycles. The summed E-state index contributed by atoms with van der Waals surface area (Å²) < 4.78 is 0. The summed E-state index contributed by atoms with van der Waals surface area (Å²) in [5.74, 6) is 1.01. The number of anilines is 1. The molecule has 27 heavy (non-hydrogen) atoms. The number of nitrogens with one attached hydrogen (secondary N) is 3. The van der Waals surface area contributed by atoms with Crippen molar-refractivity contribution in [1.29, 1.82) is 5.41 Å². The van der Waals surface area contributed by atoms with Crippen molar-refractivity contribution in [1.82, 2.24) is 15.1 Å². The van der Waals surface area contributed by atoms with Crippen LogP contribution in [-0.2, 0) is 4.79 Å². The topological polar surface area (TPSA) is 71.5 Å². The molecule has 1 aromatic rings. The summed E-state index contributed by atoms with van der Waals surface area (Å²) in [7, 11) is 2.18. The quantitative estimate of drug-likeness (QED) is 0.409. The number of aryl methyl sites for hydroxylation is 1. The van der Waals surface area contributed by atoms with E-state index < -0.39 is 0 Å². The van der Waals surface area contributed by atoms with Gasteiger partial charge in [0.25, 0.3) is 0 Å². The van der Waals surface area contributed by atoms with Crippen molar-refractivity contribution in [2.24, 2.45) is 5.92 Å². The third-order valence-electron chi connectivity index (χ3n) is 5.44. The first-order valence-corrected chi connectivity index (χ1v) is 9.81. The maximum atomic E-state index is 11.3. The highest BCUT2D eigenvalue weighted by molar-refractivity contribution is 6.06. The van der Waals surface area contributed by atoms with Gasteiger partial charge in [0.05, 0.1) is 6.54 Å². The largest absolute Gasteiger partial charge is 0.388 e. The van der Waals surface area contributed by atoms with E-state index in [0.29, 0.717) is 24.8 Å². The van der Waals surface area contributed by atoms with Crippen LogP contribution >= 0.6 is 0 Å². The molecule has 0 saturated carbocycles. The zero-order chi connectivity index (χ0) is 19.2. The van der Waals surface area contributed by atoms with E-state index in [9.17, 15) is 4.79 Å². The zero-order valence-corrected chi connectivity index (χ0v) is 16.4. The Morgan fingerprint density at radius 3 is 2.96 bits per heavy atom. The number of rotatable bonds is 6. The Labute approximate surface area is 162 Å². The third-order valence-corrected chi connectivity index (χ3v) is 5.44. The molecule has 1 fully saturated rings. The van der Waals surface area contributed by atoms with Crippen molar-refractivity contribution >= 4 is 17.9 Å². The van der Waals surface area contributed by atoms with Crippen LogP contribution in [0.2, 0.25) is 0 Å². The molecule has 0 aliphatic carbocycles. The lowest BCUT2D eigenvalue weighted by Crippen LogP contribution is -2.41. The summed E-state index contributed by atoms with van der Waals surface area (Å²) in [6.07, 6.45) is 4.15. The predicted octanol–water partition coefficient (Wildman–Crippen LogP) is 2.43. The number of likely N-dealkylation sites (tertiary alicyclic amines) is 1. The minimum atomic E-state index is 0.371. The summed E-state index contributed by atoms with van der Waals surface area (Å²) in [5.41, 5.74) is 4.05. The summed E-state index contributed by atoms with van der Waals surface area (Å²) in [4.78, 5) is 15.4. The molecule has 0 radical (unpaired) electrons. The number of carbonyl (C=O) groups is 1.